The Morgan fingerprint density at radius 2 is 1.81 bits per heavy atom. The molecule has 0 spiro atoms. The minimum atomic E-state index is -3.68. The Morgan fingerprint density at radius 1 is 1.17 bits per heavy atom. The maximum atomic E-state index is 13.8. The van der Waals surface area contributed by atoms with Crippen molar-refractivity contribution in [3.05, 3.63) is 65.9 Å². The van der Waals surface area contributed by atoms with Crippen LogP contribution in [0, 0.1) is 11.7 Å². The number of benzene rings is 1. The molecule has 1 saturated carbocycles. The molecule has 1 aliphatic carbocycles. The number of hydrazine groups is 1. The number of halogens is 3. The fourth-order valence-electron chi connectivity index (χ4n) is 5.33. The fourth-order valence-corrected chi connectivity index (χ4v) is 6.14. The van der Waals surface area contributed by atoms with E-state index in [1.54, 1.807) is 38.4 Å². The van der Waals surface area contributed by atoms with E-state index in [4.69, 9.17) is 16.3 Å². The molecule has 3 aromatic heterocycles. The third-order valence-electron chi connectivity index (χ3n) is 7.25. The Morgan fingerprint density at radius 3 is 2.31 bits per heavy atom. The highest BCUT2D eigenvalue weighted by molar-refractivity contribution is 7.91. The van der Waals surface area contributed by atoms with Crippen LogP contribution in [0.3, 0.4) is 0 Å². The molecule has 42 heavy (non-hydrogen) atoms. The zero-order valence-corrected chi connectivity index (χ0v) is 24.8. The molecule has 0 aliphatic heterocycles. The lowest BCUT2D eigenvalue weighted by Gasteiger charge is -2.29. The van der Waals surface area contributed by atoms with Crippen molar-refractivity contribution in [1.29, 1.82) is 0 Å². The summed E-state index contributed by atoms with van der Waals surface area (Å²) in [6, 6.07) is 9.77. The topological polar surface area (TPSA) is 129 Å². The van der Waals surface area contributed by atoms with Gasteiger partial charge in [-0.05, 0) is 43.9 Å². The molecule has 4 aromatic rings. The van der Waals surface area contributed by atoms with E-state index in [1.807, 2.05) is 10.6 Å². The van der Waals surface area contributed by atoms with E-state index in [2.05, 4.69) is 9.97 Å². The first kappa shape index (κ1) is 31.1. The summed E-state index contributed by atoms with van der Waals surface area (Å²) >= 11 is 0. The van der Waals surface area contributed by atoms with Crippen molar-refractivity contribution in [2.24, 2.45) is 17.5 Å². The number of nitrogens with zero attached hydrogens (tertiary/aromatic N) is 4. The van der Waals surface area contributed by atoms with Gasteiger partial charge in [0, 0.05) is 50.1 Å². The lowest BCUT2D eigenvalue weighted by atomic mass is 9.86. The second-order valence-corrected chi connectivity index (χ2v) is 12.6. The lowest BCUT2D eigenvalue weighted by Crippen LogP contribution is -2.27. The van der Waals surface area contributed by atoms with Gasteiger partial charge < -0.3 is 20.0 Å². The van der Waals surface area contributed by atoms with Crippen molar-refractivity contribution in [3.8, 4) is 5.88 Å². The second-order valence-electron chi connectivity index (χ2n) is 10.6. The van der Waals surface area contributed by atoms with Gasteiger partial charge in [0.1, 0.15) is 16.2 Å². The number of hydrogen-bond acceptors (Lipinski definition) is 8. The predicted octanol–water partition coefficient (Wildman–Crippen LogP) is 5.10. The summed E-state index contributed by atoms with van der Waals surface area (Å²) in [5.41, 5.74) is 9.25. The lowest BCUT2D eigenvalue weighted by molar-refractivity contribution is -0.0471. The van der Waals surface area contributed by atoms with Crippen LogP contribution in [0.5, 0.6) is 5.88 Å². The predicted molar refractivity (Wildman–Crippen MR) is 157 cm³/mol. The first-order valence-corrected chi connectivity index (χ1v) is 15.2. The van der Waals surface area contributed by atoms with Crippen LogP contribution < -0.4 is 16.3 Å². The molecular weight excluding hydrogens is 569 g/mol. The Hall–Kier alpha value is -3.84. The van der Waals surface area contributed by atoms with Crippen LogP contribution in [0.15, 0.2) is 59.4 Å². The number of alkyl halides is 2. The third-order valence-corrected chi connectivity index (χ3v) is 8.35. The number of methoxy groups -OCH3 is 1. The standard InChI is InChI=1S/C23H30F2N6O3S.C6H5F/c1-13(26)20(30(2)27)15-9-16-19(28-10-15)18-21(17(35(4,32)33)11-29-22(18)34-3)31(16)12-14-5-7-23(24,25)8-6-14;7-6-4-2-1-3-5-6/h9-11,14H,5-8,12,26-27H2,1-4H3;1-5H/b20-13-;. The van der Waals surface area contributed by atoms with E-state index in [0.29, 0.717) is 58.3 Å². The van der Waals surface area contributed by atoms with Gasteiger partial charge in [0.15, 0.2) is 9.84 Å². The summed E-state index contributed by atoms with van der Waals surface area (Å²) in [4.78, 5) is 8.88. The molecule has 0 bridgehead atoms. The average molecular weight is 605 g/mol. The number of allylic oxidation sites excluding steroid dienone is 1. The van der Waals surface area contributed by atoms with Crippen molar-refractivity contribution in [2.75, 3.05) is 20.4 Å². The van der Waals surface area contributed by atoms with Gasteiger partial charge in [-0.3, -0.25) is 4.98 Å². The minimum Gasteiger partial charge on any atom is -0.480 e. The number of rotatable bonds is 6. The molecule has 3 heterocycles. The summed E-state index contributed by atoms with van der Waals surface area (Å²) in [6.45, 7) is 2.06. The molecule has 9 nitrogen and oxygen atoms in total. The first-order chi connectivity index (χ1) is 19.7. The van der Waals surface area contributed by atoms with Gasteiger partial charge in [-0.15, -0.1) is 0 Å². The Bertz CT molecular complexity index is 1710. The summed E-state index contributed by atoms with van der Waals surface area (Å²) < 4.78 is 72.4. The van der Waals surface area contributed by atoms with Gasteiger partial charge in [-0.1, -0.05) is 18.2 Å². The van der Waals surface area contributed by atoms with Crippen molar-refractivity contribution < 1.29 is 26.3 Å². The molecule has 0 unspecified atom stereocenters. The van der Waals surface area contributed by atoms with Gasteiger partial charge in [0.05, 0.1) is 35.4 Å². The number of sulfone groups is 1. The summed E-state index contributed by atoms with van der Waals surface area (Å²) in [5, 5.41) is 1.84. The molecule has 1 aliphatic rings. The highest BCUT2D eigenvalue weighted by Gasteiger charge is 2.36. The quantitative estimate of drug-likeness (QED) is 0.230. The SMILES string of the molecule is COc1ncc(S(C)(=O)=O)c2c1c1ncc(/C(=C(\C)N)N(C)N)cc1n2CC1CCC(F)(F)CC1.Fc1ccccc1. The largest absolute Gasteiger partial charge is 0.480 e. The van der Waals surface area contributed by atoms with Gasteiger partial charge >= 0.3 is 0 Å². The minimum absolute atomic E-state index is 0.0238. The molecule has 0 radical (unpaired) electrons. The fraction of sp³-hybridized carbons (Fsp3) is 0.379. The zero-order chi connectivity index (χ0) is 30.8. The van der Waals surface area contributed by atoms with E-state index in [-0.39, 0.29) is 35.4 Å². The smallest absolute Gasteiger partial charge is 0.248 e. The van der Waals surface area contributed by atoms with Crippen LogP contribution in [0.4, 0.5) is 13.2 Å². The second kappa shape index (κ2) is 12.2. The van der Waals surface area contributed by atoms with Crippen molar-refractivity contribution >= 4 is 37.5 Å². The van der Waals surface area contributed by atoms with E-state index in [0.717, 1.165) is 6.26 Å². The Kier molecular flexibility index (Phi) is 9.02. The maximum Gasteiger partial charge on any atom is 0.248 e. The van der Waals surface area contributed by atoms with Crippen LogP contribution in [0.2, 0.25) is 0 Å². The molecule has 13 heteroatoms. The number of fused-ring (bicyclic) bond motifs is 3. The van der Waals surface area contributed by atoms with Gasteiger partial charge in [0.2, 0.25) is 11.8 Å². The highest BCUT2D eigenvalue weighted by atomic mass is 32.2. The van der Waals surface area contributed by atoms with E-state index in [1.165, 1.54) is 30.4 Å². The zero-order valence-electron chi connectivity index (χ0n) is 23.9. The van der Waals surface area contributed by atoms with Crippen LogP contribution in [-0.2, 0) is 16.4 Å². The van der Waals surface area contributed by atoms with E-state index >= 15 is 0 Å². The van der Waals surface area contributed by atoms with Crippen LogP contribution in [0.1, 0.15) is 38.2 Å². The average Bonchev–Trinajstić information content (AvgIpc) is 3.22. The summed E-state index contributed by atoms with van der Waals surface area (Å²) in [5.74, 6) is 3.33. The molecule has 0 amide bonds. The number of nitrogens with two attached hydrogens (primary N) is 2. The van der Waals surface area contributed by atoms with E-state index < -0.39 is 15.8 Å². The number of ether oxygens (including phenoxy) is 1. The van der Waals surface area contributed by atoms with Crippen LogP contribution in [0.25, 0.3) is 27.6 Å². The number of pyridine rings is 2. The number of hydrogen-bond donors (Lipinski definition) is 2. The molecule has 0 saturated heterocycles. The molecule has 0 atom stereocenters. The normalized spacial score (nSPS) is 16.1. The first-order valence-electron chi connectivity index (χ1n) is 13.3. The summed E-state index contributed by atoms with van der Waals surface area (Å²) in [6.07, 6.45) is 4.25. The molecular formula is C29H35F3N6O3S. The molecule has 5 rings (SSSR count). The number of aromatic nitrogens is 3. The van der Waals surface area contributed by atoms with E-state index in [9.17, 15) is 21.6 Å². The molecule has 4 N–H and O–H groups in total. The van der Waals surface area contributed by atoms with Gasteiger partial charge in [0.25, 0.3) is 0 Å². The highest BCUT2D eigenvalue weighted by Crippen LogP contribution is 2.41. The van der Waals surface area contributed by atoms with Crippen LogP contribution >= 0.6 is 0 Å². The Balaban J connectivity index is 0.000000507. The molecule has 226 valence electrons. The Labute approximate surface area is 242 Å². The summed E-state index contributed by atoms with van der Waals surface area (Å²) in [7, 11) is -0.577. The van der Waals surface area contributed by atoms with Crippen molar-refractivity contribution in [2.45, 2.75) is 50.0 Å². The van der Waals surface area contributed by atoms with Crippen molar-refractivity contribution in [1.82, 2.24) is 19.5 Å². The van der Waals surface area contributed by atoms with Crippen LogP contribution in [-0.4, -0.2) is 54.3 Å². The third kappa shape index (κ3) is 6.62. The van der Waals surface area contributed by atoms with Gasteiger partial charge in [-0.25, -0.2) is 32.4 Å². The monoisotopic (exact) mass is 604 g/mol. The molecule has 1 aromatic carbocycles. The van der Waals surface area contributed by atoms with Crippen molar-refractivity contribution in [3.63, 3.8) is 0 Å². The maximum absolute atomic E-state index is 13.8. The molecule has 1 fully saturated rings. The van der Waals surface area contributed by atoms with Gasteiger partial charge in [-0.2, -0.15) is 0 Å².